The highest BCUT2D eigenvalue weighted by atomic mass is 35.5. The maximum absolute atomic E-state index is 13.1. The lowest BCUT2D eigenvalue weighted by atomic mass is 10.1. The van der Waals surface area contributed by atoms with E-state index >= 15 is 0 Å². The van der Waals surface area contributed by atoms with E-state index in [2.05, 4.69) is 5.32 Å². The number of halogens is 3. The quantitative estimate of drug-likeness (QED) is 0.468. The van der Waals surface area contributed by atoms with E-state index in [0.717, 1.165) is 11.1 Å². The molecule has 0 fully saturated rings. The molecule has 1 atom stereocenters. The first-order chi connectivity index (χ1) is 14.5. The number of nitrogens with one attached hydrogen (secondary N) is 1. The third-order valence-electron chi connectivity index (χ3n) is 4.43. The number of thioether (sulfide) groups is 1. The normalized spacial score (nSPS) is 12.4. The molecule has 0 aliphatic carbocycles. The molecule has 0 aliphatic rings. The van der Waals surface area contributed by atoms with Crippen molar-refractivity contribution in [1.82, 2.24) is 10.2 Å². The first kappa shape index (κ1) is 25.9. The molecule has 0 aliphatic heterocycles. The summed E-state index contributed by atoms with van der Waals surface area (Å²) in [5, 5.41) is 4.60. The van der Waals surface area contributed by atoms with Crippen molar-refractivity contribution < 1.29 is 9.59 Å². The van der Waals surface area contributed by atoms with Crippen LogP contribution in [0.4, 0.5) is 0 Å². The number of rotatable bonds is 8. The van der Waals surface area contributed by atoms with Crippen molar-refractivity contribution >= 4 is 58.4 Å². The lowest BCUT2D eigenvalue weighted by Gasteiger charge is -2.31. The number of hydrogen-bond donors (Lipinski definition) is 1. The van der Waals surface area contributed by atoms with Gasteiger partial charge in [-0.15, -0.1) is 11.8 Å². The molecule has 0 spiro atoms. The van der Waals surface area contributed by atoms with Crippen LogP contribution in [0.15, 0.2) is 42.5 Å². The lowest BCUT2D eigenvalue weighted by molar-refractivity contribution is -0.139. The number of carbonyl (C=O) groups excluding carboxylic acids is 2. The second-order valence-electron chi connectivity index (χ2n) is 8.29. The Bertz CT molecular complexity index is 914. The topological polar surface area (TPSA) is 49.4 Å². The molecular weight excluding hydrogens is 475 g/mol. The maximum Gasteiger partial charge on any atom is 0.242 e. The van der Waals surface area contributed by atoms with Crippen LogP contribution in [0.2, 0.25) is 15.1 Å². The highest BCUT2D eigenvalue weighted by Gasteiger charge is 2.28. The van der Waals surface area contributed by atoms with Gasteiger partial charge >= 0.3 is 0 Å². The number of benzene rings is 2. The predicted octanol–water partition coefficient (Wildman–Crippen LogP) is 6.21. The summed E-state index contributed by atoms with van der Waals surface area (Å²) in [6, 6.07) is 12.0. The maximum atomic E-state index is 13.1. The Morgan fingerprint density at radius 1 is 1.03 bits per heavy atom. The zero-order valence-electron chi connectivity index (χ0n) is 18.0. The van der Waals surface area contributed by atoms with Gasteiger partial charge in [-0.1, -0.05) is 53.0 Å². The molecule has 2 aromatic carbocycles. The first-order valence-electron chi connectivity index (χ1n) is 9.84. The highest BCUT2D eigenvalue weighted by molar-refractivity contribution is 7.99. The van der Waals surface area contributed by atoms with Gasteiger partial charge in [0.1, 0.15) is 6.04 Å². The summed E-state index contributed by atoms with van der Waals surface area (Å²) in [5.74, 6) is 0.553. The van der Waals surface area contributed by atoms with Gasteiger partial charge in [-0.05, 0) is 63.1 Å². The summed E-state index contributed by atoms with van der Waals surface area (Å²) in [6.45, 7) is 7.66. The van der Waals surface area contributed by atoms with E-state index < -0.39 is 11.6 Å². The predicted molar refractivity (Wildman–Crippen MR) is 132 cm³/mol. The second kappa shape index (κ2) is 11.5. The fourth-order valence-corrected chi connectivity index (χ4v) is 4.27. The largest absolute Gasteiger partial charge is 0.350 e. The highest BCUT2D eigenvalue weighted by Crippen LogP contribution is 2.24. The van der Waals surface area contributed by atoms with Crippen LogP contribution in [0.1, 0.15) is 38.8 Å². The summed E-state index contributed by atoms with van der Waals surface area (Å²) < 4.78 is 0. The molecule has 1 unspecified atom stereocenters. The van der Waals surface area contributed by atoms with Crippen LogP contribution in [-0.4, -0.2) is 34.0 Å². The van der Waals surface area contributed by atoms with E-state index in [4.69, 9.17) is 34.8 Å². The monoisotopic (exact) mass is 500 g/mol. The minimum absolute atomic E-state index is 0.137. The van der Waals surface area contributed by atoms with Gasteiger partial charge in [-0.2, -0.15) is 0 Å². The van der Waals surface area contributed by atoms with Crippen molar-refractivity contribution in [3.05, 3.63) is 68.7 Å². The van der Waals surface area contributed by atoms with E-state index in [1.54, 1.807) is 30.0 Å². The van der Waals surface area contributed by atoms with Gasteiger partial charge in [0.15, 0.2) is 0 Å². The minimum Gasteiger partial charge on any atom is -0.350 e. The molecule has 168 valence electrons. The average Bonchev–Trinajstić information content (AvgIpc) is 2.67. The van der Waals surface area contributed by atoms with E-state index in [1.165, 1.54) is 11.8 Å². The first-order valence-corrected chi connectivity index (χ1v) is 12.1. The molecule has 0 aromatic heterocycles. The van der Waals surface area contributed by atoms with Crippen molar-refractivity contribution in [2.24, 2.45) is 0 Å². The SMILES string of the molecule is CC(C(=O)NC(C)(C)C)N(Cc1ccc(Cl)cc1Cl)C(=O)CSCc1ccc(Cl)cc1. The summed E-state index contributed by atoms with van der Waals surface area (Å²) >= 11 is 19.7. The molecule has 0 saturated carbocycles. The van der Waals surface area contributed by atoms with Gasteiger partial charge in [-0.25, -0.2) is 0 Å². The zero-order valence-corrected chi connectivity index (χ0v) is 21.1. The van der Waals surface area contributed by atoms with Crippen molar-refractivity contribution in [2.75, 3.05) is 5.75 Å². The molecule has 1 N–H and O–H groups in total. The number of hydrogen-bond acceptors (Lipinski definition) is 3. The lowest BCUT2D eigenvalue weighted by Crippen LogP contribution is -2.52. The van der Waals surface area contributed by atoms with E-state index in [1.807, 2.05) is 45.0 Å². The van der Waals surface area contributed by atoms with Crippen LogP contribution in [0, 0.1) is 0 Å². The van der Waals surface area contributed by atoms with Crippen molar-refractivity contribution in [3.8, 4) is 0 Å². The molecule has 2 rings (SSSR count). The Balaban J connectivity index is 2.13. The van der Waals surface area contributed by atoms with Gasteiger partial charge in [0, 0.05) is 32.9 Å². The number of amides is 2. The smallest absolute Gasteiger partial charge is 0.242 e. The molecule has 2 amide bonds. The summed E-state index contributed by atoms with van der Waals surface area (Å²) in [6.07, 6.45) is 0. The van der Waals surface area contributed by atoms with Gasteiger partial charge in [-0.3, -0.25) is 9.59 Å². The standard InChI is InChI=1S/C23H27Cl3N2O2S/c1-15(22(30)27-23(2,3)4)28(12-17-7-10-19(25)11-20(17)26)21(29)14-31-13-16-5-8-18(24)9-6-16/h5-11,15H,12-14H2,1-4H3,(H,27,30). The van der Waals surface area contributed by atoms with Crippen molar-refractivity contribution in [2.45, 2.75) is 51.6 Å². The van der Waals surface area contributed by atoms with Gasteiger partial charge in [0.25, 0.3) is 0 Å². The van der Waals surface area contributed by atoms with Gasteiger partial charge in [0.2, 0.25) is 11.8 Å². The second-order valence-corrected chi connectivity index (χ2v) is 10.6. The van der Waals surface area contributed by atoms with Crippen LogP contribution >= 0.6 is 46.6 Å². The van der Waals surface area contributed by atoms with E-state index in [-0.39, 0.29) is 24.1 Å². The van der Waals surface area contributed by atoms with Crippen LogP contribution in [0.5, 0.6) is 0 Å². The third-order valence-corrected chi connectivity index (χ3v) is 6.26. The van der Waals surface area contributed by atoms with Crippen molar-refractivity contribution in [1.29, 1.82) is 0 Å². The van der Waals surface area contributed by atoms with Crippen LogP contribution < -0.4 is 5.32 Å². The number of nitrogens with zero attached hydrogens (tertiary/aromatic N) is 1. The van der Waals surface area contributed by atoms with Gasteiger partial charge in [0.05, 0.1) is 5.75 Å². The number of carbonyl (C=O) groups is 2. The van der Waals surface area contributed by atoms with Gasteiger partial charge < -0.3 is 10.2 Å². The molecule has 4 nitrogen and oxygen atoms in total. The van der Waals surface area contributed by atoms with Crippen LogP contribution in [-0.2, 0) is 21.9 Å². The Labute approximate surface area is 203 Å². The van der Waals surface area contributed by atoms with Crippen LogP contribution in [0.25, 0.3) is 0 Å². The average molecular weight is 502 g/mol. The van der Waals surface area contributed by atoms with Crippen molar-refractivity contribution in [3.63, 3.8) is 0 Å². The summed E-state index contributed by atoms with van der Waals surface area (Å²) in [5.41, 5.74) is 1.41. The van der Waals surface area contributed by atoms with E-state index in [9.17, 15) is 9.59 Å². The Morgan fingerprint density at radius 2 is 1.65 bits per heavy atom. The molecule has 31 heavy (non-hydrogen) atoms. The summed E-state index contributed by atoms with van der Waals surface area (Å²) in [7, 11) is 0. The fourth-order valence-electron chi connectivity index (χ4n) is 2.81. The molecular formula is C23H27Cl3N2O2S. The molecule has 0 saturated heterocycles. The Kier molecular flexibility index (Phi) is 9.56. The third kappa shape index (κ3) is 8.57. The molecule has 8 heteroatoms. The molecule has 0 bridgehead atoms. The minimum atomic E-state index is -0.658. The van der Waals surface area contributed by atoms with E-state index in [0.29, 0.717) is 20.8 Å². The molecule has 0 radical (unpaired) electrons. The molecule has 0 heterocycles. The Morgan fingerprint density at radius 3 is 2.23 bits per heavy atom. The fraction of sp³-hybridized carbons (Fsp3) is 0.391. The Hall–Kier alpha value is -1.40. The van der Waals surface area contributed by atoms with Crippen LogP contribution in [0.3, 0.4) is 0 Å². The molecule has 2 aromatic rings. The summed E-state index contributed by atoms with van der Waals surface area (Å²) in [4.78, 5) is 27.5. The zero-order chi connectivity index (χ0) is 23.2.